The molecule has 3 N–H and O–H groups in total. The molecule has 0 radical (unpaired) electrons. The van der Waals surface area contributed by atoms with Gasteiger partial charge < -0.3 is 11.1 Å². The second-order valence-corrected chi connectivity index (χ2v) is 4.81. The topological polar surface area (TPSA) is 55.1 Å². The highest BCUT2D eigenvalue weighted by Crippen LogP contribution is 2.23. The minimum atomic E-state index is -0.208. The van der Waals surface area contributed by atoms with Crippen LogP contribution in [0.2, 0.25) is 0 Å². The second kappa shape index (κ2) is 6.75. The first-order chi connectivity index (χ1) is 9.70. The molecule has 104 valence electrons. The smallest absolute Gasteiger partial charge is 0.227 e. The molecule has 3 nitrogen and oxygen atoms in total. The molecule has 0 bridgehead atoms. The predicted octanol–water partition coefficient (Wildman–Crippen LogP) is 2.73. The summed E-state index contributed by atoms with van der Waals surface area (Å²) in [5, 5.41) is 2.90. The molecule has 0 aliphatic heterocycles. The highest BCUT2D eigenvalue weighted by atomic mass is 16.1. The molecule has 1 unspecified atom stereocenters. The van der Waals surface area contributed by atoms with Crippen molar-refractivity contribution in [1.82, 2.24) is 5.32 Å². The fourth-order valence-corrected chi connectivity index (χ4v) is 2.28. The van der Waals surface area contributed by atoms with Crippen LogP contribution in [0.3, 0.4) is 0 Å². The Labute approximate surface area is 119 Å². The number of likely N-dealkylation sites (N-methyl/N-ethyl adjacent to an activating group) is 1. The van der Waals surface area contributed by atoms with E-state index >= 15 is 0 Å². The van der Waals surface area contributed by atoms with Crippen molar-refractivity contribution in [2.45, 2.75) is 19.3 Å². The van der Waals surface area contributed by atoms with Crippen LogP contribution in [-0.4, -0.2) is 12.5 Å². The van der Waals surface area contributed by atoms with Gasteiger partial charge in [0.25, 0.3) is 0 Å². The van der Waals surface area contributed by atoms with E-state index in [-0.39, 0.29) is 11.8 Å². The van der Waals surface area contributed by atoms with Gasteiger partial charge in [-0.1, -0.05) is 42.5 Å². The van der Waals surface area contributed by atoms with Crippen LogP contribution in [0.25, 0.3) is 0 Å². The molecule has 0 aliphatic rings. The van der Waals surface area contributed by atoms with Crippen molar-refractivity contribution in [3.8, 4) is 0 Å². The molecule has 0 saturated carbocycles. The molecule has 2 aromatic carbocycles. The summed E-state index contributed by atoms with van der Waals surface area (Å²) in [7, 11) is 0. The quantitative estimate of drug-likeness (QED) is 0.819. The first-order valence-electron chi connectivity index (χ1n) is 6.87. The summed E-state index contributed by atoms with van der Waals surface area (Å²) in [5.74, 6) is -0.164. The summed E-state index contributed by atoms with van der Waals surface area (Å²) in [6, 6.07) is 17.6. The van der Waals surface area contributed by atoms with Crippen molar-refractivity contribution in [2.24, 2.45) is 0 Å². The van der Waals surface area contributed by atoms with E-state index in [9.17, 15) is 4.79 Å². The van der Waals surface area contributed by atoms with E-state index in [0.717, 1.165) is 11.1 Å². The number of carbonyl (C=O) groups excluding carboxylic acids is 1. The molecule has 0 heterocycles. The molecule has 2 rings (SSSR count). The summed E-state index contributed by atoms with van der Waals surface area (Å²) in [4.78, 5) is 12.3. The number of nitrogens with one attached hydrogen (secondary N) is 1. The predicted molar refractivity (Wildman–Crippen MR) is 82.4 cm³/mol. The number of benzene rings is 2. The molecule has 2 aromatic rings. The van der Waals surface area contributed by atoms with E-state index in [4.69, 9.17) is 5.73 Å². The molecule has 0 saturated heterocycles. The van der Waals surface area contributed by atoms with Gasteiger partial charge in [0.15, 0.2) is 0 Å². The molecule has 1 amide bonds. The van der Waals surface area contributed by atoms with E-state index in [1.165, 1.54) is 0 Å². The minimum absolute atomic E-state index is 0.0435. The van der Waals surface area contributed by atoms with Gasteiger partial charge in [-0.05, 0) is 36.6 Å². The largest absolute Gasteiger partial charge is 0.399 e. The summed E-state index contributed by atoms with van der Waals surface area (Å²) in [6.45, 7) is 2.56. The lowest BCUT2D eigenvalue weighted by Crippen LogP contribution is -2.30. The Kier molecular flexibility index (Phi) is 4.77. The summed E-state index contributed by atoms with van der Waals surface area (Å²) in [6.07, 6.45) is 0.677. The zero-order chi connectivity index (χ0) is 14.4. The average Bonchev–Trinajstić information content (AvgIpc) is 2.46. The number of hydrogen-bond donors (Lipinski definition) is 2. The van der Waals surface area contributed by atoms with Gasteiger partial charge in [0.1, 0.15) is 0 Å². The normalized spacial score (nSPS) is 11.8. The van der Waals surface area contributed by atoms with E-state index in [2.05, 4.69) is 5.32 Å². The van der Waals surface area contributed by atoms with Crippen molar-refractivity contribution in [2.75, 3.05) is 12.3 Å². The Morgan fingerprint density at radius 2 is 1.90 bits per heavy atom. The number of carbonyl (C=O) groups is 1. The molecule has 20 heavy (non-hydrogen) atoms. The second-order valence-electron chi connectivity index (χ2n) is 4.81. The van der Waals surface area contributed by atoms with E-state index in [1.54, 1.807) is 0 Å². The summed E-state index contributed by atoms with van der Waals surface area (Å²) >= 11 is 0. The number of hydrogen-bond acceptors (Lipinski definition) is 2. The number of rotatable bonds is 5. The Hall–Kier alpha value is -2.29. The Morgan fingerprint density at radius 3 is 2.55 bits per heavy atom. The lowest BCUT2D eigenvalue weighted by atomic mass is 9.91. The monoisotopic (exact) mass is 268 g/mol. The first kappa shape index (κ1) is 14.1. The van der Waals surface area contributed by atoms with Crippen molar-refractivity contribution in [3.05, 3.63) is 65.7 Å². The number of nitrogen functional groups attached to an aromatic ring is 1. The van der Waals surface area contributed by atoms with E-state index in [1.807, 2.05) is 61.5 Å². The Morgan fingerprint density at radius 1 is 1.15 bits per heavy atom. The van der Waals surface area contributed by atoms with Crippen LogP contribution in [-0.2, 0) is 11.2 Å². The fourth-order valence-electron chi connectivity index (χ4n) is 2.28. The van der Waals surface area contributed by atoms with Crippen LogP contribution in [0.5, 0.6) is 0 Å². The zero-order valence-electron chi connectivity index (χ0n) is 11.7. The molecule has 0 fully saturated rings. The number of nitrogens with two attached hydrogens (primary N) is 1. The molecular weight excluding hydrogens is 248 g/mol. The Balaban J connectivity index is 2.27. The molecule has 1 atom stereocenters. The van der Waals surface area contributed by atoms with E-state index < -0.39 is 0 Å². The molecule has 3 heteroatoms. The van der Waals surface area contributed by atoms with Crippen molar-refractivity contribution < 1.29 is 4.79 Å². The van der Waals surface area contributed by atoms with Gasteiger partial charge in [-0.15, -0.1) is 0 Å². The maximum Gasteiger partial charge on any atom is 0.227 e. The van der Waals surface area contributed by atoms with Gasteiger partial charge in [-0.25, -0.2) is 0 Å². The highest BCUT2D eigenvalue weighted by molar-refractivity contribution is 5.84. The summed E-state index contributed by atoms with van der Waals surface area (Å²) in [5.41, 5.74) is 8.62. The van der Waals surface area contributed by atoms with Crippen LogP contribution in [0.1, 0.15) is 24.0 Å². The molecular formula is C17H20N2O. The lowest BCUT2D eigenvalue weighted by Gasteiger charge is -2.17. The minimum Gasteiger partial charge on any atom is -0.399 e. The maximum absolute atomic E-state index is 12.3. The van der Waals surface area contributed by atoms with Gasteiger partial charge >= 0.3 is 0 Å². The van der Waals surface area contributed by atoms with Crippen molar-refractivity contribution >= 4 is 11.6 Å². The van der Waals surface area contributed by atoms with Gasteiger partial charge in [-0.3, -0.25) is 4.79 Å². The highest BCUT2D eigenvalue weighted by Gasteiger charge is 2.20. The van der Waals surface area contributed by atoms with Gasteiger partial charge in [-0.2, -0.15) is 0 Å². The van der Waals surface area contributed by atoms with Crippen LogP contribution in [0.4, 0.5) is 5.69 Å². The third-order valence-corrected chi connectivity index (χ3v) is 3.26. The van der Waals surface area contributed by atoms with Crippen molar-refractivity contribution in [1.29, 1.82) is 0 Å². The van der Waals surface area contributed by atoms with Gasteiger partial charge in [0.2, 0.25) is 5.91 Å². The average molecular weight is 268 g/mol. The zero-order valence-corrected chi connectivity index (χ0v) is 11.7. The van der Waals surface area contributed by atoms with Crippen LogP contribution in [0.15, 0.2) is 54.6 Å². The molecule has 0 spiro atoms. The third kappa shape index (κ3) is 3.60. The van der Waals surface area contributed by atoms with Gasteiger partial charge in [0, 0.05) is 12.2 Å². The Bertz CT molecular complexity index is 566. The lowest BCUT2D eigenvalue weighted by molar-refractivity contribution is -0.122. The van der Waals surface area contributed by atoms with Crippen LogP contribution >= 0.6 is 0 Å². The van der Waals surface area contributed by atoms with Crippen molar-refractivity contribution in [3.63, 3.8) is 0 Å². The number of anilines is 1. The maximum atomic E-state index is 12.3. The van der Waals surface area contributed by atoms with Crippen LogP contribution in [0, 0.1) is 0 Å². The SMILES string of the molecule is CCNC(=O)C(Cc1ccccc1)c1cccc(N)c1. The molecule has 0 aliphatic carbocycles. The van der Waals surface area contributed by atoms with Gasteiger partial charge in [0.05, 0.1) is 5.92 Å². The fraction of sp³-hybridized carbons (Fsp3) is 0.235. The van der Waals surface area contributed by atoms with E-state index in [0.29, 0.717) is 18.7 Å². The summed E-state index contributed by atoms with van der Waals surface area (Å²) < 4.78 is 0. The third-order valence-electron chi connectivity index (χ3n) is 3.26. The molecule has 0 aromatic heterocycles. The van der Waals surface area contributed by atoms with Crippen LogP contribution < -0.4 is 11.1 Å². The number of amides is 1. The first-order valence-corrected chi connectivity index (χ1v) is 6.87. The standard InChI is InChI=1S/C17H20N2O/c1-2-19-17(20)16(11-13-7-4-3-5-8-13)14-9-6-10-15(18)12-14/h3-10,12,16H,2,11,18H2,1H3,(H,19,20).